The van der Waals surface area contributed by atoms with Gasteiger partial charge in [0, 0.05) is 13.0 Å². The molecule has 0 amide bonds. The van der Waals surface area contributed by atoms with Crippen molar-refractivity contribution < 1.29 is 56.2 Å². The molecule has 13 heteroatoms. The molecule has 1 heterocycles. The summed E-state index contributed by atoms with van der Waals surface area (Å²) in [6.07, 6.45) is 41.4. The minimum atomic E-state index is -5.06. The van der Waals surface area contributed by atoms with Crippen LogP contribution in [0, 0.1) is 0 Å². The zero-order valence-electron chi connectivity index (χ0n) is 42.5. The van der Waals surface area contributed by atoms with Crippen molar-refractivity contribution in [1.29, 1.82) is 0 Å². The highest BCUT2D eigenvalue weighted by atomic mass is 32.3. The molecule has 1 aliphatic rings. The maximum atomic E-state index is 12.9. The van der Waals surface area contributed by atoms with Crippen molar-refractivity contribution in [2.24, 2.45) is 0 Å². The quantitative estimate of drug-likeness (QED) is 0.0258. The highest BCUT2D eigenvalue weighted by Gasteiger charge is 2.48. The van der Waals surface area contributed by atoms with Crippen LogP contribution in [0.2, 0.25) is 0 Å². The van der Waals surface area contributed by atoms with E-state index in [1.165, 1.54) is 205 Å². The van der Waals surface area contributed by atoms with E-state index in [2.05, 4.69) is 18.0 Å². The van der Waals surface area contributed by atoms with Gasteiger partial charge in [-0.25, -0.2) is 4.18 Å². The van der Waals surface area contributed by atoms with Gasteiger partial charge in [-0.15, -0.1) is 0 Å². The monoisotopic (exact) mass is 965 g/mol. The van der Waals surface area contributed by atoms with Gasteiger partial charge in [0.1, 0.15) is 30.5 Å². The Morgan fingerprint density at radius 1 is 0.515 bits per heavy atom. The lowest BCUT2D eigenvalue weighted by molar-refractivity contribution is -0.301. The number of esters is 1. The molecule has 0 aromatic heterocycles. The highest BCUT2D eigenvalue weighted by molar-refractivity contribution is 7.80. The zero-order chi connectivity index (χ0) is 48.2. The first-order valence-corrected chi connectivity index (χ1v) is 29.2. The molecular formula is C53H104O12S. The van der Waals surface area contributed by atoms with Gasteiger partial charge in [0.15, 0.2) is 6.29 Å². The molecule has 6 atom stereocenters. The standard InChI is InChI=1S/C53H104O12S/c1-3-5-7-9-11-13-15-17-19-21-23-25-27-29-31-33-35-37-39-41-43-61-45-47(46-62-53-51(57)52(65-66(58,59)60)50(56)48(44-54)64-53)63-49(55)42-40-38-36-34-32-30-28-26-24-22-20-18-16-14-12-10-8-6-4-2/h47-48,50-54,56-57H,3-46H2,1-2H3,(H,58,59,60). The number of ether oxygens (including phenoxy) is 4. The van der Waals surface area contributed by atoms with Crippen molar-refractivity contribution in [1.82, 2.24) is 0 Å². The fourth-order valence-electron chi connectivity index (χ4n) is 9.03. The average molecular weight is 965 g/mol. The molecule has 66 heavy (non-hydrogen) atoms. The Hall–Kier alpha value is -0.900. The third-order valence-corrected chi connectivity index (χ3v) is 13.7. The van der Waals surface area contributed by atoms with E-state index < -0.39 is 53.8 Å². The molecule has 0 aromatic rings. The smallest absolute Gasteiger partial charge is 0.397 e. The summed E-state index contributed by atoms with van der Waals surface area (Å²) in [6.45, 7) is 4.07. The van der Waals surface area contributed by atoms with E-state index in [0.717, 1.165) is 38.5 Å². The predicted molar refractivity (Wildman–Crippen MR) is 267 cm³/mol. The summed E-state index contributed by atoms with van der Waals surface area (Å²) in [6, 6.07) is 0. The molecule has 0 bridgehead atoms. The minimum Gasteiger partial charge on any atom is -0.457 e. The summed E-state index contributed by atoms with van der Waals surface area (Å²) in [5.74, 6) is -0.390. The lowest BCUT2D eigenvalue weighted by Crippen LogP contribution is -2.60. The number of hydrogen-bond donors (Lipinski definition) is 4. The van der Waals surface area contributed by atoms with Gasteiger partial charge in [-0.2, -0.15) is 8.42 Å². The number of carbonyl (C=O) groups is 1. The number of hydrogen-bond acceptors (Lipinski definition) is 11. The third-order valence-electron chi connectivity index (χ3n) is 13.2. The second-order valence-corrected chi connectivity index (χ2v) is 20.6. The molecule has 0 saturated carbocycles. The molecule has 1 aliphatic heterocycles. The molecule has 1 rings (SSSR count). The third kappa shape index (κ3) is 37.9. The molecule has 0 aliphatic carbocycles. The Balaban J connectivity index is 2.30. The van der Waals surface area contributed by atoms with Gasteiger partial charge in [0.05, 0.1) is 19.8 Å². The molecule has 6 unspecified atom stereocenters. The molecular weight excluding hydrogens is 861 g/mol. The summed E-state index contributed by atoms with van der Waals surface area (Å²) < 4.78 is 59.4. The van der Waals surface area contributed by atoms with Gasteiger partial charge in [0.2, 0.25) is 0 Å². The number of carbonyl (C=O) groups excluding carboxylic acids is 1. The summed E-state index contributed by atoms with van der Waals surface area (Å²) in [4.78, 5) is 12.9. The van der Waals surface area contributed by atoms with Crippen LogP contribution in [0.5, 0.6) is 0 Å². The highest BCUT2D eigenvalue weighted by Crippen LogP contribution is 2.26. The predicted octanol–water partition coefficient (Wildman–Crippen LogP) is 13.2. The van der Waals surface area contributed by atoms with Crippen LogP contribution in [0.25, 0.3) is 0 Å². The van der Waals surface area contributed by atoms with Crippen molar-refractivity contribution in [2.75, 3.05) is 26.4 Å². The number of aliphatic hydroxyl groups excluding tert-OH is 3. The summed E-state index contributed by atoms with van der Waals surface area (Å²) in [5.41, 5.74) is 0. The van der Waals surface area contributed by atoms with Gasteiger partial charge >= 0.3 is 16.4 Å². The van der Waals surface area contributed by atoms with E-state index in [1.54, 1.807) is 0 Å². The van der Waals surface area contributed by atoms with Gasteiger partial charge in [0.25, 0.3) is 0 Å². The first kappa shape index (κ1) is 63.1. The van der Waals surface area contributed by atoms with Gasteiger partial charge in [-0.3, -0.25) is 9.35 Å². The van der Waals surface area contributed by atoms with Crippen LogP contribution in [0.3, 0.4) is 0 Å². The van der Waals surface area contributed by atoms with Crippen molar-refractivity contribution in [3.05, 3.63) is 0 Å². The number of rotatable bonds is 50. The lowest BCUT2D eigenvalue weighted by Gasteiger charge is -2.41. The summed E-state index contributed by atoms with van der Waals surface area (Å²) in [5, 5.41) is 30.8. The first-order chi connectivity index (χ1) is 32.1. The van der Waals surface area contributed by atoms with Crippen molar-refractivity contribution in [3.63, 3.8) is 0 Å². The van der Waals surface area contributed by atoms with Gasteiger partial charge in [-0.05, 0) is 12.8 Å². The Bertz CT molecular complexity index is 1160. The molecule has 4 N–H and O–H groups in total. The van der Waals surface area contributed by atoms with Gasteiger partial charge in [-0.1, -0.05) is 251 Å². The molecule has 1 saturated heterocycles. The fraction of sp³-hybridized carbons (Fsp3) is 0.981. The van der Waals surface area contributed by atoms with Crippen LogP contribution in [0.1, 0.15) is 271 Å². The van der Waals surface area contributed by atoms with E-state index in [-0.39, 0.29) is 25.6 Å². The van der Waals surface area contributed by atoms with Crippen LogP contribution in [-0.4, -0.2) is 97.5 Å². The summed E-state index contributed by atoms with van der Waals surface area (Å²) in [7, 11) is -5.06. The Morgan fingerprint density at radius 2 is 0.864 bits per heavy atom. The molecule has 0 radical (unpaired) electrons. The van der Waals surface area contributed by atoms with E-state index in [4.69, 9.17) is 18.9 Å². The van der Waals surface area contributed by atoms with E-state index in [9.17, 15) is 33.1 Å². The van der Waals surface area contributed by atoms with Crippen LogP contribution in [0.15, 0.2) is 0 Å². The minimum absolute atomic E-state index is 0.0455. The number of unbranched alkanes of at least 4 members (excludes halogenated alkanes) is 37. The van der Waals surface area contributed by atoms with Gasteiger partial charge < -0.3 is 34.3 Å². The SMILES string of the molecule is CCCCCCCCCCCCCCCCCCCCCCOCC(COC1OC(CO)C(O)C(OS(=O)(=O)O)C1O)OC(=O)CCCCCCCCCCCCCCCCCCCCC. The topological polar surface area (TPSA) is 178 Å². The van der Waals surface area contributed by atoms with Crippen LogP contribution in [0.4, 0.5) is 0 Å². The Labute approximate surface area is 405 Å². The molecule has 394 valence electrons. The van der Waals surface area contributed by atoms with E-state index in [1.807, 2.05) is 0 Å². The van der Waals surface area contributed by atoms with Crippen molar-refractivity contribution >= 4 is 16.4 Å². The summed E-state index contributed by atoms with van der Waals surface area (Å²) >= 11 is 0. The first-order valence-electron chi connectivity index (χ1n) is 27.8. The second-order valence-electron chi connectivity index (χ2n) is 19.5. The zero-order valence-corrected chi connectivity index (χ0v) is 43.4. The maximum Gasteiger partial charge on any atom is 0.397 e. The van der Waals surface area contributed by atoms with Crippen LogP contribution >= 0.6 is 0 Å². The molecule has 0 aromatic carbocycles. The molecule has 0 spiro atoms. The lowest BCUT2D eigenvalue weighted by atomic mass is 9.99. The normalized spacial score (nSPS) is 19.4. The van der Waals surface area contributed by atoms with E-state index in [0.29, 0.717) is 13.0 Å². The second kappa shape index (κ2) is 45.3. The van der Waals surface area contributed by atoms with Crippen LogP contribution < -0.4 is 0 Å². The average Bonchev–Trinajstić information content (AvgIpc) is 3.29. The largest absolute Gasteiger partial charge is 0.457 e. The Morgan fingerprint density at radius 3 is 1.21 bits per heavy atom. The maximum absolute atomic E-state index is 12.9. The Kier molecular flexibility index (Phi) is 43.3. The van der Waals surface area contributed by atoms with Crippen molar-refractivity contribution in [3.8, 4) is 0 Å². The fourth-order valence-corrected chi connectivity index (χ4v) is 9.54. The number of aliphatic hydroxyl groups is 3. The van der Waals surface area contributed by atoms with Crippen molar-refractivity contribution in [2.45, 2.75) is 307 Å². The molecule has 1 fully saturated rings. The van der Waals surface area contributed by atoms with Crippen LogP contribution in [-0.2, 0) is 38.3 Å². The molecule has 12 nitrogen and oxygen atoms in total. The van der Waals surface area contributed by atoms with E-state index >= 15 is 0 Å².